The number of amides is 1. The van der Waals surface area contributed by atoms with E-state index in [1.165, 1.54) is 0 Å². The molecule has 0 bridgehead atoms. The summed E-state index contributed by atoms with van der Waals surface area (Å²) in [4.78, 5) is 14.9. The lowest BCUT2D eigenvalue weighted by atomic mass is 9.85. The highest BCUT2D eigenvalue weighted by atomic mass is 35.5. The van der Waals surface area contributed by atoms with Gasteiger partial charge in [0.2, 0.25) is 5.91 Å². The third kappa shape index (κ3) is 6.88. The van der Waals surface area contributed by atoms with Gasteiger partial charge in [-0.05, 0) is 61.6 Å². The zero-order valence-electron chi connectivity index (χ0n) is 17.1. The maximum absolute atomic E-state index is 13.8. The standard InChI is InChI=1S/C21H34ClFN2O.H2O/c1-14(2)7-10-24-20(15(3)4)21(26)25-11-8-16(9-12-25)17-5-6-18(22)19(23)13-17;/h5,13-16,18,20,24H,6-12H2,1-4H3;1H2/t18?,20-;/m1./s1. The van der Waals surface area contributed by atoms with Crippen LogP contribution in [0.3, 0.4) is 0 Å². The number of hydrogen-bond acceptors (Lipinski definition) is 2. The molecule has 1 fully saturated rings. The van der Waals surface area contributed by atoms with Crippen molar-refractivity contribution in [2.24, 2.45) is 17.8 Å². The first-order valence-electron chi connectivity index (χ1n) is 10.0. The molecule has 0 aromatic heterocycles. The molecule has 0 saturated carbocycles. The van der Waals surface area contributed by atoms with E-state index in [0.717, 1.165) is 44.5 Å². The van der Waals surface area contributed by atoms with Gasteiger partial charge >= 0.3 is 0 Å². The monoisotopic (exact) mass is 402 g/mol. The highest BCUT2D eigenvalue weighted by Crippen LogP contribution is 2.32. The molecule has 1 amide bonds. The van der Waals surface area contributed by atoms with Gasteiger partial charge in [0.1, 0.15) is 5.83 Å². The van der Waals surface area contributed by atoms with E-state index >= 15 is 0 Å². The number of piperidine rings is 1. The molecule has 2 atom stereocenters. The number of carbonyl (C=O) groups is 1. The number of rotatable bonds is 7. The summed E-state index contributed by atoms with van der Waals surface area (Å²) in [6, 6.07) is -0.117. The van der Waals surface area contributed by atoms with E-state index in [9.17, 15) is 9.18 Å². The second-order valence-electron chi connectivity index (χ2n) is 8.39. The third-order valence-corrected chi connectivity index (χ3v) is 5.85. The van der Waals surface area contributed by atoms with E-state index in [1.54, 1.807) is 6.08 Å². The lowest BCUT2D eigenvalue weighted by molar-refractivity contribution is -0.135. The third-order valence-electron chi connectivity index (χ3n) is 5.46. The maximum Gasteiger partial charge on any atom is 0.239 e. The average molecular weight is 403 g/mol. The minimum atomic E-state index is -0.510. The molecule has 3 N–H and O–H groups in total. The van der Waals surface area contributed by atoms with Crippen molar-refractivity contribution in [1.82, 2.24) is 10.2 Å². The van der Waals surface area contributed by atoms with Crippen LogP contribution in [0.15, 0.2) is 23.6 Å². The lowest BCUT2D eigenvalue weighted by Crippen LogP contribution is -2.51. The van der Waals surface area contributed by atoms with Gasteiger partial charge in [-0.25, -0.2) is 4.39 Å². The van der Waals surface area contributed by atoms with Gasteiger partial charge in [0, 0.05) is 13.1 Å². The minimum Gasteiger partial charge on any atom is -0.412 e. The SMILES string of the molecule is CC(C)CCN[C@@H](C(=O)N1CCC(C2=CCC(Cl)C(F)=C2)CC1)C(C)C.O. The zero-order chi connectivity index (χ0) is 19.3. The van der Waals surface area contributed by atoms with Crippen molar-refractivity contribution < 1.29 is 14.7 Å². The molecule has 0 radical (unpaired) electrons. The Hall–Kier alpha value is -0.910. The van der Waals surface area contributed by atoms with E-state index in [2.05, 4.69) is 39.1 Å². The normalized spacial score (nSPS) is 22.4. The van der Waals surface area contributed by atoms with E-state index in [0.29, 0.717) is 18.3 Å². The van der Waals surface area contributed by atoms with Crippen LogP contribution >= 0.6 is 11.6 Å². The number of allylic oxidation sites excluding steroid dienone is 4. The molecule has 0 spiro atoms. The Morgan fingerprint density at radius 3 is 2.44 bits per heavy atom. The van der Waals surface area contributed by atoms with Crippen LogP contribution in [0.1, 0.15) is 53.4 Å². The molecule has 1 saturated heterocycles. The van der Waals surface area contributed by atoms with Gasteiger partial charge in [-0.2, -0.15) is 0 Å². The van der Waals surface area contributed by atoms with Crippen LogP contribution in [0.4, 0.5) is 4.39 Å². The fraction of sp³-hybridized carbons (Fsp3) is 0.762. The molecule has 6 heteroatoms. The Bertz CT molecular complexity index is 540. The van der Waals surface area contributed by atoms with Crippen LogP contribution in [-0.4, -0.2) is 47.3 Å². The van der Waals surface area contributed by atoms with Crippen LogP contribution in [0.5, 0.6) is 0 Å². The molecule has 0 aromatic carbocycles. The molecular formula is C21H36ClFN2O2. The van der Waals surface area contributed by atoms with Crippen LogP contribution < -0.4 is 5.32 Å². The first-order valence-corrected chi connectivity index (χ1v) is 10.5. The van der Waals surface area contributed by atoms with Gasteiger partial charge in [-0.3, -0.25) is 4.79 Å². The van der Waals surface area contributed by atoms with Crippen molar-refractivity contribution in [3.8, 4) is 0 Å². The first-order chi connectivity index (χ1) is 12.3. The summed E-state index contributed by atoms with van der Waals surface area (Å²) in [5, 5.41) is 2.95. The number of hydrogen-bond donors (Lipinski definition) is 1. The molecule has 156 valence electrons. The van der Waals surface area contributed by atoms with Gasteiger partial charge in [-0.15, -0.1) is 11.6 Å². The quantitative estimate of drug-likeness (QED) is 0.657. The van der Waals surface area contributed by atoms with Gasteiger partial charge in [-0.1, -0.05) is 33.8 Å². The topological polar surface area (TPSA) is 63.8 Å². The maximum atomic E-state index is 13.8. The Morgan fingerprint density at radius 1 is 1.30 bits per heavy atom. The molecule has 1 aliphatic carbocycles. The van der Waals surface area contributed by atoms with Gasteiger partial charge in [0.25, 0.3) is 0 Å². The molecule has 1 heterocycles. The number of alkyl halides is 1. The second-order valence-corrected chi connectivity index (χ2v) is 8.92. The van der Waals surface area contributed by atoms with Crippen LogP contribution in [0.25, 0.3) is 0 Å². The Kier molecular flexibility index (Phi) is 9.99. The smallest absolute Gasteiger partial charge is 0.239 e. The molecule has 2 aliphatic rings. The van der Waals surface area contributed by atoms with Crippen molar-refractivity contribution in [3.63, 3.8) is 0 Å². The largest absolute Gasteiger partial charge is 0.412 e. The number of halogens is 2. The summed E-state index contributed by atoms with van der Waals surface area (Å²) < 4.78 is 13.8. The van der Waals surface area contributed by atoms with Crippen molar-refractivity contribution in [2.45, 2.75) is 64.8 Å². The molecule has 1 unspecified atom stereocenters. The Morgan fingerprint density at radius 2 is 1.93 bits per heavy atom. The average Bonchev–Trinajstić information content (AvgIpc) is 2.60. The van der Waals surface area contributed by atoms with Crippen molar-refractivity contribution in [1.29, 1.82) is 0 Å². The number of nitrogens with zero attached hydrogens (tertiary/aromatic N) is 1. The van der Waals surface area contributed by atoms with Crippen LogP contribution in [-0.2, 0) is 4.79 Å². The van der Waals surface area contributed by atoms with Crippen molar-refractivity contribution in [3.05, 3.63) is 23.6 Å². The van der Waals surface area contributed by atoms with Crippen LogP contribution in [0, 0.1) is 17.8 Å². The van der Waals surface area contributed by atoms with Gasteiger partial charge < -0.3 is 15.7 Å². The minimum absolute atomic E-state index is 0. The molecule has 4 nitrogen and oxygen atoms in total. The summed E-state index contributed by atoms with van der Waals surface area (Å²) in [5.74, 6) is 1.22. The zero-order valence-corrected chi connectivity index (χ0v) is 17.9. The fourth-order valence-electron chi connectivity index (χ4n) is 3.71. The Labute approximate surface area is 168 Å². The molecule has 27 heavy (non-hydrogen) atoms. The predicted octanol–water partition coefficient (Wildman–Crippen LogP) is 3.85. The second kappa shape index (κ2) is 11.2. The predicted molar refractivity (Wildman–Crippen MR) is 111 cm³/mol. The van der Waals surface area contributed by atoms with E-state index in [-0.39, 0.29) is 29.2 Å². The molecule has 1 aliphatic heterocycles. The number of carbonyl (C=O) groups excluding carboxylic acids is 1. The van der Waals surface area contributed by atoms with Crippen molar-refractivity contribution >= 4 is 17.5 Å². The van der Waals surface area contributed by atoms with Gasteiger partial charge in [0.15, 0.2) is 0 Å². The molecular weight excluding hydrogens is 367 g/mol. The van der Waals surface area contributed by atoms with E-state index in [4.69, 9.17) is 11.6 Å². The highest BCUT2D eigenvalue weighted by molar-refractivity contribution is 6.22. The van der Waals surface area contributed by atoms with Crippen molar-refractivity contribution in [2.75, 3.05) is 19.6 Å². The first kappa shape index (κ1) is 24.1. The van der Waals surface area contributed by atoms with Gasteiger partial charge in [0.05, 0.1) is 11.4 Å². The van der Waals surface area contributed by atoms with Crippen LogP contribution in [0.2, 0.25) is 0 Å². The molecule has 2 rings (SSSR count). The highest BCUT2D eigenvalue weighted by Gasteiger charge is 2.31. The summed E-state index contributed by atoms with van der Waals surface area (Å²) >= 11 is 5.91. The fourth-order valence-corrected chi connectivity index (χ4v) is 3.86. The number of nitrogens with one attached hydrogen (secondary N) is 1. The number of likely N-dealkylation sites (tertiary alicyclic amines) is 1. The summed E-state index contributed by atoms with van der Waals surface area (Å²) in [7, 11) is 0. The Balaban J connectivity index is 0.00000364. The van der Waals surface area contributed by atoms with E-state index in [1.807, 2.05) is 4.90 Å². The summed E-state index contributed by atoms with van der Waals surface area (Å²) in [5.41, 5.74) is 1.06. The van der Waals surface area contributed by atoms with E-state index < -0.39 is 5.38 Å². The lowest BCUT2D eigenvalue weighted by Gasteiger charge is -2.36. The summed E-state index contributed by atoms with van der Waals surface area (Å²) in [6.07, 6.45) is 7.09. The summed E-state index contributed by atoms with van der Waals surface area (Å²) in [6.45, 7) is 11.0. The molecule has 0 aromatic rings.